The number of nitrogens with one attached hydrogen (secondary N) is 1. The average Bonchev–Trinajstić information content (AvgIpc) is 2.84. The van der Waals surface area contributed by atoms with E-state index in [-0.39, 0.29) is 5.91 Å². The van der Waals surface area contributed by atoms with Gasteiger partial charge >= 0.3 is 0 Å². The summed E-state index contributed by atoms with van der Waals surface area (Å²) in [6.07, 6.45) is 6.90. The summed E-state index contributed by atoms with van der Waals surface area (Å²) in [5.41, 5.74) is 0.635. The fraction of sp³-hybridized carbons (Fsp3) is 0.636. The van der Waals surface area contributed by atoms with Gasteiger partial charge in [0.1, 0.15) is 0 Å². The Hall–Kier alpha value is -0.840. The van der Waals surface area contributed by atoms with Gasteiger partial charge in [-0.15, -0.1) is 0 Å². The van der Waals surface area contributed by atoms with Gasteiger partial charge in [0.15, 0.2) is 0 Å². The van der Waals surface area contributed by atoms with Gasteiger partial charge in [-0.25, -0.2) is 0 Å². The van der Waals surface area contributed by atoms with Gasteiger partial charge in [0.2, 0.25) is 0 Å². The Balaban J connectivity index is 1.80. The molecule has 1 heterocycles. The lowest BCUT2D eigenvalue weighted by molar-refractivity contribution is 0.0947. The van der Waals surface area contributed by atoms with Gasteiger partial charge in [0, 0.05) is 24.6 Å². The van der Waals surface area contributed by atoms with Crippen LogP contribution in [0.5, 0.6) is 0 Å². The molecular weight excluding hydrogens is 270 g/mol. The molecule has 1 fully saturated rings. The zero-order valence-electron chi connectivity index (χ0n) is 9.32. The van der Waals surface area contributed by atoms with Crippen LogP contribution in [-0.2, 0) is 7.05 Å². The molecule has 1 saturated carbocycles. The lowest BCUT2D eigenvalue weighted by Gasteiger charge is -2.09. The van der Waals surface area contributed by atoms with Crippen molar-refractivity contribution in [2.45, 2.75) is 24.1 Å². The highest BCUT2D eigenvalue weighted by Gasteiger charge is 2.22. The van der Waals surface area contributed by atoms with Crippen molar-refractivity contribution >= 4 is 21.8 Å². The maximum atomic E-state index is 11.7. The fourth-order valence-corrected chi connectivity index (χ4v) is 2.87. The maximum absolute atomic E-state index is 11.7. The quantitative estimate of drug-likeness (QED) is 0.860. The number of halogens is 1. The third-order valence-electron chi connectivity index (χ3n) is 3.00. The topological polar surface area (TPSA) is 46.9 Å². The number of alkyl halides is 1. The molecule has 2 atom stereocenters. The first kappa shape index (κ1) is 11.6. The first-order valence-electron chi connectivity index (χ1n) is 5.56. The van der Waals surface area contributed by atoms with Gasteiger partial charge in [-0.3, -0.25) is 9.48 Å². The monoisotopic (exact) mass is 285 g/mol. The molecule has 2 rings (SSSR count). The van der Waals surface area contributed by atoms with Crippen molar-refractivity contribution in [3.8, 4) is 0 Å². The molecule has 88 valence electrons. The molecule has 1 aliphatic rings. The number of hydrogen-bond donors (Lipinski definition) is 1. The summed E-state index contributed by atoms with van der Waals surface area (Å²) < 4.78 is 1.64. The zero-order chi connectivity index (χ0) is 11.5. The number of aryl methyl sites for hydroxylation is 1. The van der Waals surface area contributed by atoms with Gasteiger partial charge < -0.3 is 5.32 Å². The Morgan fingerprint density at radius 1 is 1.69 bits per heavy atom. The summed E-state index contributed by atoms with van der Waals surface area (Å²) >= 11 is 3.61. The molecule has 0 bridgehead atoms. The Morgan fingerprint density at radius 2 is 2.50 bits per heavy atom. The second-order valence-electron chi connectivity index (χ2n) is 4.39. The van der Waals surface area contributed by atoms with Crippen LogP contribution in [0.2, 0.25) is 0 Å². The van der Waals surface area contributed by atoms with Crippen LogP contribution in [0.4, 0.5) is 0 Å². The predicted molar refractivity (Wildman–Crippen MR) is 65.6 cm³/mol. The average molecular weight is 286 g/mol. The zero-order valence-corrected chi connectivity index (χ0v) is 10.9. The van der Waals surface area contributed by atoms with E-state index in [0.717, 1.165) is 13.0 Å². The van der Waals surface area contributed by atoms with Gasteiger partial charge in [-0.05, 0) is 25.2 Å². The largest absolute Gasteiger partial charge is 0.352 e. The number of amides is 1. The molecule has 4 nitrogen and oxygen atoms in total. The van der Waals surface area contributed by atoms with E-state index in [1.54, 1.807) is 17.1 Å². The van der Waals surface area contributed by atoms with Crippen molar-refractivity contribution in [3.63, 3.8) is 0 Å². The Morgan fingerprint density at radius 3 is 3.06 bits per heavy atom. The van der Waals surface area contributed by atoms with Gasteiger partial charge in [-0.2, -0.15) is 5.10 Å². The van der Waals surface area contributed by atoms with Crippen molar-refractivity contribution in [1.82, 2.24) is 15.1 Å². The van der Waals surface area contributed by atoms with Crippen LogP contribution in [0.25, 0.3) is 0 Å². The lowest BCUT2D eigenvalue weighted by Crippen LogP contribution is -2.28. The molecule has 1 amide bonds. The first-order valence-corrected chi connectivity index (χ1v) is 6.47. The summed E-state index contributed by atoms with van der Waals surface area (Å²) in [4.78, 5) is 12.4. The molecule has 0 spiro atoms. The van der Waals surface area contributed by atoms with Crippen LogP contribution in [0.3, 0.4) is 0 Å². The van der Waals surface area contributed by atoms with Crippen LogP contribution < -0.4 is 5.32 Å². The Labute approximate surface area is 104 Å². The summed E-state index contributed by atoms with van der Waals surface area (Å²) in [5, 5.41) is 6.94. The molecule has 0 aliphatic heterocycles. The highest BCUT2D eigenvalue weighted by Crippen LogP contribution is 2.29. The van der Waals surface area contributed by atoms with Crippen LogP contribution in [0.15, 0.2) is 12.4 Å². The number of carbonyl (C=O) groups is 1. The summed E-state index contributed by atoms with van der Waals surface area (Å²) in [5.74, 6) is 0.594. The Kier molecular flexibility index (Phi) is 3.63. The maximum Gasteiger partial charge on any atom is 0.254 e. The third kappa shape index (κ3) is 2.84. The van der Waals surface area contributed by atoms with Crippen LogP contribution in [-0.4, -0.2) is 27.1 Å². The van der Waals surface area contributed by atoms with Crippen molar-refractivity contribution in [1.29, 1.82) is 0 Å². The number of aromatic nitrogens is 2. The highest BCUT2D eigenvalue weighted by molar-refractivity contribution is 9.09. The summed E-state index contributed by atoms with van der Waals surface area (Å²) in [6, 6.07) is 0. The van der Waals surface area contributed by atoms with E-state index in [1.165, 1.54) is 12.8 Å². The standard InChI is InChI=1S/C11H16BrN3O/c1-15-7-9(6-14-15)11(16)13-5-8-2-3-10(12)4-8/h6-8,10H,2-5H2,1H3,(H,13,16). The van der Waals surface area contributed by atoms with E-state index in [2.05, 4.69) is 26.3 Å². The van der Waals surface area contributed by atoms with E-state index in [1.807, 2.05) is 7.05 Å². The summed E-state index contributed by atoms with van der Waals surface area (Å²) in [6.45, 7) is 0.774. The van der Waals surface area contributed by atoms with Crippen molar-refractivity contribution in [2.75, 3.05) is 6.54 Å². The first-order chi connectivity index (χ1) is 7.65. The van der Waals surface area contributed by atoms with Crippen LogP contribution >= 0.6 is 15.9 Å². The normalized spacial score (nSPS) is 24.6. The second-order valence-corrected chi connectivity index (χ2v) is 5.68. The number of carbonyl (C=O) groups excluding carboxylic acids is 1. The van der Waals surface area contributed by atoms with Gasteiger partial charge in [0.05, 0.1) is 11.8 Å². The van der Waals surface area contributed by atoms with E-state index < -0.39 is 0 Å². The number of nitrogens with zero attached hydrogens (tertiary/aromatic N) is 2. The molecule has 0 radical (unpaired) electrons. The highest BCUT2D eigenvalue weighted by atomic mass is 79.9. The third-order valence-corrected chi connectivity index (χ3v) is 3.83. The van der Waals surface area contributed by atoms with Gasteiger partial charge in [0.25, 0.3) is 5.91 Å². The van der Waals surface area contributed by atoms with Crippen molar-refractivity contribution < 1.29 is 4.79 Å². The van der Waals surface area contributed by atoms with Crippen molar-refractivity contribution in [3.05, 3.63) is 18.0 Å². The molecule has 0 saturated heterocycles. The fourth-order valence-electron chi connectivity index (χ4n) is 2.08. The van der Waals surface area contributed by atoms with Crippen LogP contribution in [0.1, 0.15) is 29.6 Å². The molecule has 1 aromatic heterocycles. The minimum Gasteiger partial charge on any atom is -0.352 e. The molecular formula is C11H16BrN3O. The Bertz CT molecular complexity index is 377. The number of rotatable bonds is 3. The molecule has 5 heteroatoms. The molecule has 2 unspecified atom stereocenters. The minimum atomic E-state index is -0.0221. The van der Waals surface area contributed by atoms with Crippen LogP contribution in [0, 0.1) is 5.92 Å². The second kappa shape index (κ2) is 4.99. The van der Waals surface area contributed by atoms with Crippen molar-refractivity contribution in [2.24, 2.45) is 13.0 Å². The van der Waals surface area contributed by atoms with E-state index >= 15 is 0 Å². The molecule has 16 heavy (non-hydrogen) atoms. The van der Waals surface area contributed by atoms with Gasteiger partial charge in [-0.1, -0.05) is 15.9 Å². The molecule has 1 aliphatic carbocycles. The van der Waals surface area contributed by atoms with E-state index in [9.17, 15) is 4.79 Å². The smallest absolute Gasteiger partial charge is 0.254 e. The molecule has 1 N–H and O–H groups in total. The predicted octanol–water partition coefficient (Wildman–Crippen LogP) is 1.71. The molecule has 1 aromatic rings. The summed E-state index contributed by atoms with van der Waals surface area (Å²) in [7, 11) is 1.81. The van der Waals surface area contributed by atoms with E-state index in [0.29, 0.717) is 16.3 Å². The lowest BCUT2D eigenvalue weighted by atomic mass is 10.1. The number of hydrogen-bond acceptors (Lipinski definition) is 2. The SMILES string of the molecule is Cn1cc(C(=O)NCC2CCC(Br)C2)cn1. The van der Waals surface area contributed by atoms with E-state index in [4.69, 9.17) is 0 Å². The molecule has 0 aromatic carbocycles. The minimum absolute atomic E-state index is 0.0221.